The van der Waals surface area contributed by atoms with Gasteiger partial charge in [0.2, 0.25) is 10.0 Å². The molecule has 0 bridgehead atoms. The van der Waals surface area contributed by atoms with Gasteiger partial charge in [-0.2, -0.15) is 4.31 Å². The number of carboxylic acid groups (broad SMARTS) is 2. The van der Waals surface area contributed by atoms with Gasteiger partial charge in [0.15, 0.2) is 0 Å². The van der Waals surface area contributed by atoms with Crippen molar-refractivity contribution < 1.29 is 37.7 Å². The minimum absolute atomic E-state index is 0.0282. The summed E-state index contributed by atoms with van der Waals surface area (Å²) in [5, 5.41) is 21.4. The van der Waals surface area contributed by atoms with Gasteiger partial charge in [0.05, 0.1) is 32.7 Å². The molecule has 2 atom stereocenters. The molecule has 286 valence electrons. The highest BCUT2D eigenvalue weighted by Crippen LogP contribution is 2.35. The first-order chi connectivity index (χ1) is 26.5. The van der Waals surface area contributed by atoms with Gasteiger partial charge in [0.1, 0.15) is 17.5 Å². The van der Waals surface area contributed by atoms with E-state index < -0.39 is 34.0 Å². The fourth-order valence-corrected chi connectivity index (χ4v) is 9.53. The van der Waals surface area contributed by atoms with Crippen molar-refractivity contribution in [1.29, 1.82) is 0 Å². The van der Waals surface area contributed by atoms with Crippen molar-refractivity contribution in [2.24, 2.45) is 0 Å². The highest BCUT2D eigenvalue weighted by atomic mass is 32.2. The van der Waals surface area contributed by atoms with Crippen LogP contribution in [0.15, 0.2) is 97.1 Å². The maximum Gasteiger partial charge on any atom is 0.322 e. The predicted octanol–water partition coefficient (Wildman–Crippen LogP) is 7.69. The van der Waals surface area contributed by atoms with E-state index in [4.69, 9.17) is 9.47 Å². The summed E-state index contributed by atoms with van der Waals surface area (Å²) < 4.78 is 42.0. The van der Waals surface area contributed by atoms with Gasteiger partial charge in [-0.3, -0.25) is 14.5 Å². The molecule has 12 nitrogen and oxygen atoms in total. The zero-order valence-electron chi connectivity index (χ0n) is 30.0. The zero-order valence-corrected chi connectivity index (χ0v) is 32.4. The summed E-state index contributed by atoms with van der Waals surface area (Å²) in [7, 11) is -3.97. The van der Waals surface area contributed by atoms with Crippen LogP contribution in [0.25, 0.3) is 20.4 Å². The molecular weight excluding hydrogens is 761 g/mol. The number of fused-ring (bicyclic) bond motifs is 2. The SMILES string of the molecule is CS(=O)(=O)N(CCc1ccc(Oc2nc3ccccc3s2)cc1)C(CCC(=O)O)C(C(=O)O)N(CCc1ccc(Oc2nc3ccccc3s2)cc1)C1CC1. The number of aliphatic carboxylic acids is 2. The Hall–Kier alpha value is -4.93. The second kappa shape index (κ2) is 16.8. The van der Waals surface area contributed by atoms with Crippen molar-refractivity contribution in [2.45, 2.75) is 56.7 Å². The van der Waals surface area contributed by atoms with Gasteiger partial charge in [-0.15, -0.1) is 0 Å². The molecular formula is C40H40N4O8S3. The van der Waals surface area contributed by atoms with Crippen LogP contribution < -0.4 is 9.47 Å². The number of sulfonamides is 1. The van der Waals surface area contributed by atoms with Crippen LogP contribution in [0.1, 0.15) is 36.8 Å². The van der Waals surface area contributed by atoms with Crippen molar-refractivity contribution >= 4 is 65.1 Å². The van der Waals surface area contributed by atoms with E-state index >= 15 is 0 Å². The van der Waals surface area contributed by atoms with Crippen LogP contribution in [-0.4, -0.2) is 87.2 Å². The lowest BCUT2D eigenvalue weighted by Gasteiger charge is -2.39. The second-order valence-corrected chi connectivity index (χ2v) is 17.4. The summed E-state index contributed by atoms with van der Waals surface area (Å²) in [5.74, 6) is -1.12. The Labute approximate surface area is 326 Å². The van der Waals surface area contributed by atoms with E-state index in [2.05, 4.69) is 9.97 Å². The summed E-state index contributed by atoms with van der Waals surface area (Å²) in [6.07, 6.45) is 2.83. The topological polar surface area (TPSA) is 159 Å². The van der Waals surface area contributed by atoms with E-state index in [1.807, 2.05) is 89.8 Å². The molecule has 0 amide bonds. The standard InChI is InChI=1S/C40H40N4O8S3/c1-55(49,50)44(25-23-27-12-18-30(19-13-27)52-40-42-32-7-3-5-9-35(32)54-40)33(20-21-36(45)46)37(38(47)48)43(28-14-15-28)24-22-26-10-16-29(17-11-26)51-39-41-31-6-2-4-8-34(31)53-39/h2-13,16-19,28,33,37H,14-15,20-25H2,1H3,(H,45,46)(H,47,48). The van der Waals surface area contributed by atoms with Gasteiger partial charge < -0.3 is 19.7 Å². The molecule has 7 rings (SSSR count). The number of rotatable bonds is 19. The molecule has 0 saturated heterocycles. The molecule has 1 fully saturated rings. The zero-order chi connectivity index (χ0) is 38.5. The summed E-state index contributed by atoms with van der Waals surface area (Å²) in [6, 6.07) is 27.9. The highest BCUT2D eigenvalue weighted by molar-refractivity contribution is 7.88. The molecule has 15 heteroatoms. The number of benzene rings is 4. The van der Waals surface area contributed by atoms with Crippen LogP contribution in [0.5, 0.6) is 21.9 Å². The van der Waals surface area contributed by atoms with Crippen LogP contribution in [0.2, 0.25) is 0 Å². The van der Waals surface area contributed by atoms with E-state index in [9.17, 15) is 28.2 Å². The molecule has 1 aliphatic rings. The number of hydrogen-bond donors (Lipinski definition) is 2. The van der Waals surface area contributed by atoms with E-state index in [1.165, 1.54) is 27.0 Å². The van der Waals surface area contributed by atoms with Crippen LogP contribution in [0.3, 0.4) is 0 Å². The Bertz CT molecular complexity index is 2310. The third-order valence-corrected chi connectivity index (χ3v) is 12.7. The summed E-state index contributed by atoms with van der Waals surface area (Å²) >= 11 is 2.89. The van der Waals surface area contributed by atoms with Gasteiger partial charge in [-0.05, 0) is 91.8 Å². The number of thiazole rings is 2. The fourth-order valence-electron chi connectivity index (χ4n) is 6.73. The molecule has 2 unspecified atom stereocenters. The Morgan fingerprint density at radius 1 is 0.764 bits per heavy atom. The molecule has 2 aromatic heterocycles. The molecule has 2 N–H and O–H groups in total. The van der Waals surface area contributed by atoms with Crippen LogP contribution in [0, 0.1) is 0 Å². The number of ether oxygens (including phenoxy) is 2. The minimum atomic E-state index is -3.97. The Morgan fingerprint density at radius 2 is 1.25 bits per heavy atom. The maximum atomic E-state index is 13.4. The van der Waals surface area contributed by atoms with Crippen LogP contribution >= 0.6 is 22.7 Å². The largest absolute Gasteiger partial charge is 0.481 e. The maximum absolute atomic E-state index is 13.4. The fraction of sp³-hybridized carbons (Fsp3) is 0.300. The number of aromatic nitrogens is 2. The van der Waals surface area contributed by atoms with Gasteiger partial charge in [-0.25, -0.2) is 18.4 Å². The molecule has 0 aliphatic heterocycles. The van der Waals surface area contributed by atoms with E-state index in [0.29, 0.717) is 34.9 Å². The highest BCUT2D eigenvalue weighted by Gasteiger charge is 2.45. The second-order valence-electron chi connectivity index (χ2n) is 13.5. The first kappa shape index (κ1) is 38.3. The van der Waals surface area contributed by atoms with Crippen LogP contribution in [-0.2, 0) is 32.5 Å². The molecule has 2 heterocycles. The van der Waals surface area contributed by atoms with Crippen LogP contribution in [0.4, 0.5) is 0 Å². The Balaban J connectivity index is 1.05. The first-order valence-corrected chi connectivity index (χ1v) is 21.4. The third kappa shape index (κ3) is 9.85. The summed E-state index contributed by atoms with van der Waals surface area (Å²) in [5.41, 5.74) is 3.47. The lowest BCUT2D eigenvalue weighted by molar-refractivity contribution is -0.147. The number of nitrogens with zero attached hydrogens (tertiary/aromatic N) is 4. The molecule has 4 aromatic carbocycles. The van der Waals surface area contributed by atoms with E-state index in [0.717, 1.165) is 50.7 Å². The average molecular weight is 801 g/mol. The molecule has 1 aliphatic carbocycles. The summed E-state index contributed by atoms with van der Waals surface area (Å²) in [4.78, 5) is 35.9. The van der Waals surface area contributed by atoms with Crippen molar-refractivity contribution in [2.75, 3.05) is 19.3 Å². The molecule has 1 saturated carbocycles. The summed E-state index contributed by atoms with van der Waals surface area (Å²) in [6.45, 7) is 0.316. The smallest absolute Gasteiger partial charge is 0.322 e. The molecule has 55 heavy (non-hydrogen) atoms. The van der Waals surface area contributed by atoms with Gasteiger partial charge >= 0.3 is 11.9 Å². The third-order valence-electron chi connectivity index (χ3n) is 9.53. The minimum Gasteiger partial charge on any atom is -0.481 e. The number of carbonyl (C=O) groups is 2. The average Bonchev–Trinajstić information content (AvgIpc) is 3.78. The molecule has 0 radical (unpaired) electrons. The number of hydrogen-bond acceptors (Lipinski definition) is 11. The number of carboxylic acids is 2. The molecule has 0 spiro atoms. The van der Waals surface area contributed by atoms with Crippen molar-refractivity contribution in [3.05, 3.63) is 108 Å². The van der Waals surface area contributed by atoms with E-state index in [1.54, 1.807) is 12.1 Å². The quantitative estimate of drug-likeness (QED) is 0.0827. The van der Waals surface area contributed by atoms with Gasteiger partial charge in [0, 0.05) is 25.6 Å². The Morgan fingerprint density at radius 3 is 1.69 bits per heavy atom. The lowest BCUT2D eigenvalue weighted by atomic mass is 9.99. The van der Waals surface area contributed by atoms with Gasteiger partial charge in [-0.1, -0.05) is 71.2 Å². The monoisotopic (exact) mass is 800 g/mol. The normalized spacial score (nSPS) is 14.4. The van der Waals surface area contributed by atoms with Crippen molar-refractivity contribution in [1.82, 2.24) is 19.2 Å². The lowest BCUT2D eigenvalue weighted by Crippen LogP contribution is -2.58. The first-order valence-electron chi connectivity index (χ1n) is 17.9. The van der Waals surface area contributed by atoms with Crippen molar-refractivity contribution in [3.63, 3.8) is 0 Å². The van der Waals surface area contributed by atoms with Crippen molar-refractivity contribution in [3.8, 4) is 21.9 Å². The number of para-hydroxylation sites is 2. The van der Waals surface area contributed by atoms with E-state index in [-0.39, 0.29) is 31.8 Å². The molecule has 6 aromatic rings. The predicted molar refractivity (Wildman–Crippen MR) is 213 cm³/mol. The van der Waals surface area contributed by atoms with Gasteiger partial charge in [0.25, 0.3) is 10.4 Å². The Kier molecular flexibility index (Phi) is 11.7.